The lowest BCUT2D eigenvalue weighted by atomic mass is 10.0. The lowest BCUT2D eigenvalue weighted by molar-refractivity contribution is -0.385. The highest BCUT2D eigenvalue weighted by atomic mass is 16.6. The van der Waals surface area contributed by atoms with E-state index in [0.717, 1.165) is 4.90 Å². The van der Waals surface area contributed by atoms with E-state index in [9.17, 15) is 24.8 Å². The minimum atomic E-state index is -0.822. The van der Waals surface area contributed by atoms with Crippen molar-refractivity contribution in [2.45, 2.75) is 19.4 Å². The molecule has 9 nitrogen and oxygen atoms in total. The first-order valence-electron chi connectivity index (χ1n) is 9.01. The van der Waals surface area contributed by atoms with Crippen molar-refractivity contribution < 1.29 is 29.1 Å². The first-order valence-corrected chi connectivity index (χ1v) is 9.01. The summed E-state index contributed by atoms with van der Waals surface area (Å²) in [6.45, 7) is 1.89. The van der Waals surface area contributed by atoms with Crippen LogP contribution in [0.5, 0.6) is 11.5 Å². The normalized spacial score (nSPS) is 14.0. The molecule has 0 saturated carbocycles. The minimum absolute atomic E-state index is 0.0225. The number of ether oxygens (including phenoxy) is 2. The second-order valence-corrected chi connectivity index (χ2v) is 6.31. The van der Waals surface area contributed by atoms with E-state index in [1.165, 1.54) is 25.3 Å². The highest BCUT2D eigenvalue weighted by Gasteiger charge is 2.44. The van der Waals surface area contributed by atoms with Crippen molar-refractivity contribution >= 4 is 17.5 Å². The van der Waals surface area contributed by atoms with Crippen LogP contribution in [-0.2, 0) is 0 Å². The number of carbonyl (C=O) groups excluding carboxylic acids is 2. The number of rotatable bonds is 8. The van der Waals surface area contributed by atoms with E-state index in [0.29, 0.717) is 23.7 Å². The third-order valence-electron chi connectivity index (χ3n) is 4.71. The van der Waals surface area contributed by atoms with Gasteiger partial charge in [-0.25, -0.2) is 0 Å². The average molecular weight is 400 g/mol. The number of fused-ring (bicyclic) bond motifs is 1. The van der Waals surface area contributed by atoms with Gasteiger partial charge in [0.25, 0.3) is 17.5 Å². The number of carbonyl (C=O) groups is 2. The molecule has 1 atom stereocenters. The molecule has 0 radical (unpaired) electrons. The maximum absolute atomic E-state index is 13.0. The Labute approximate surface area is 166 Å². The van der Waals surface area contributed by atoms with Gasteiger partial charge >= 0.3 is 0 Å². The maximum atomic E-state index is 13.0. The Balaban J connectivity index is 2.08. The summed E-state index contributed by atoms with van der Waals surface area (Å²) < 4.78 is 10.8. The number of benzene rings is 2. The Morgan fingerprint density at radius 3 is 2.55 bits per heavy atom. The second-order valence-electron chi connectivity index (χ2n) is 6.31. The van der Waals surface area contributed by atoms with Crippen molar-refractivity contribution in [1.82, 2.24) is 4.90 Å². The van der Waals surface area contributed by atoms with E-state index in [1.54, 1.807) is 25.1 Å². The Kier molecular flexibility index (Phi) is 5.79. The molecule has 0 saturated heterocycles. The zero-order valence-electron chi connectivity index (χ0n) is 16.0. The number of hydrogen-bond acceptors (Lipinski definition) is 7. The third kappa shape index (κ3) is 3.52. The highest BCUT2D eigenvalue weighted by molar-refractivity contribution is 6.23. The lowest BCUT2D eigenvalue weighted by Crippen LogP contribution is -2.34. The first-order chi connectivity index (χ1) is 13.9. The first kappa shape index (κ1) is 20.3. The molecule has 1 N–H and O–H groups in total. The Morgan fingerprint density at radius 2 is 1.93 bits per heavy atom. The standard InChI is InChI=1S/C20H20N2O7/c1-3-29-17-11-12(7-8-16(17)28-2)14(9-10-23)21-19(24)13-5-4-6-15(22(26)27)18(13)20(21)25/h4-8,11,14,23H,3,9-10H2,1-2H3. The maximum Gasteiger partial charge on any atom is 0.282 e. The number of nitro groups is 1. The van der Waals surface area contributed by atoms with Gasteiger partial charge in [0.1, 0.15) is 5.56 Å². The van der Waals surface area contributed by atoms with E-state index in [4.69, 9.17) is 9.47 Å². The number of aliphatic hydroxyl groups is 1. The van der Waals surface area contributed by atoms with E-state index < -0.39 is 28.5 Å². The van der Waals surface area contributed by atoms with Crippen molar-refractivity contribution in [2.24, 2.45) is 0 Å². The predicted molar refractivity (Wildman–Crippen MR) is 102 cm³/mol. The van der Waals surface area contributed by atoms with Crippen LogP contribution in [0.3, 0.4) is 0 Å². The van der Waals surface area contributed by atoms with Gasteiger partial charge in [0, 0.05) is 12.7 Å². The molecule has 2 aromatic carbocycles. The summed E-state index contributed by atoms with van der Waals surface area (Å²) >= 11 is 0. The highest BCUT2D eigenvalue weighted by Crippen LogP contribution is 2.39. The van der Waals surface area contributed by atoms with Crippen molar-refractivity contribution in [1.29, 1.82) is 0 Å². The van der Waals surface area contributed by atoms with Gasteiger partial charge < -0.3 is 14.6 Å². The van der Waals surface area contributed by atoms with Crippen LogP contribution in [0.2, 0.25) is 0 Å². The number of hydrogen-bond donors (Lipinski definition) is 1. The number of methoxy groups -OCH3 is 1. The molecule has 9 heteroatoms. The van der Waals surface area contributed by atoms with Crippen LogP contribution < -0.4 is 9.47 Å². The van der Waals surface area contributed by atoms with Crippen molar-refractivity contribution in [3.05, 3.63) is 63.2 Å². The fourth-order valence-electron chi connectivity index (χ4n) is 3.46. The minimum Gasteiger partial charge on any atom is -0.493 e. The topological polar surface area (TPSA) is 119 Å². The largest absolute Gasteiger partial charge is 0.493 e. The van der Waals surface area contributed by atoms with Crippen molar-refractivity contribution in [2.75, 3.05) is 20.3 Å². The van der Waals surface area contributed by atoms with Crippen molar-refractivity contribution in [3.8, 4) is 11.5 Å². The van der Waals surface area contributed by atoms with Crippen LogP contribution in [-0.4, -0.2) is 47.1 Å². The number of aliphatic hydroxyl groups excluding tert-OH is 1. The second kappa shape index (κ2) is 8.27. The number of nitrogens with zero attached hydrogens (tertiary/aromatic N) is 2. The van der Waals surface area contributed by atoms with E-state index in [-0.39, 0.29) is 24.2 Å². The molecule has 1 heterocycles. The monoisotopic (exact) mass is 400 g/mol. The van der Waals surface area contributed by atoms with Gasteiger partial charge in [-0.15, -0.1) is 0 Å². The quantitative estimate of drug-likeness (QED) is 0.411. The van der Waals surface area contributed by atoms with Gasteiger partial charge in [0.05, 0.1) is 30.2 Å². The van der Waals surface area contributed by atoms with Crippen LogP contribution in [0, 0.1) is 10.1 Å². The van der Waals surface area contributed by atoms with Gasteiger partial charge in [-0.05, 0) is 37.1 Å². The summed E-state index contributed by atoms with van der Waals surface area (Å²) in [6.07, 6.45) is 0.0666. The average Bonchev–Trinajstić information content (AvgIpc) is 2.97. The van der Waals surface area contributed by atoms with Gasteiger partial charge in [-0.1, -0.05) is 12.1 Å². The molecular formula is C20H20N2O7. The smallest absolute Gasteiger partial charge is 0.282 e. The summed E-state index contributed by atoms with van der Waals surface area (Å²) in [6, 6.07) is 8.07. The molecule has 0 aromatic heterocycles. The summed E-state index contributed by atoms with van der Waals surface area (Å²) in [5.74, 6) is -0.486. The summed E-state index contributed by atoms with van der Waals surface area (Å²) in [5, 5.41) is 20.9. The van der Waals surface area contributed by atoms with Crippen LogP contribution >= 0.6 is 0 Å². The summed E-state index contributed by atoms with van der Waals surface area (Å²) in [4.78, 5) is 37.6. The van der Waals surface area contributed by atoms with Gasteiger partial charge in [0.2, 0.25) is 0 Å². The van der Waals surface area contributed by atoms with Gasteiger partial charge in [0.15, 0.2) is 11.5 Å². The molecule has 152 valence electrons. The van der Waals surface area contributed by atoms with E-state index in [1.807, 2.05) is 0 Å². The van der Waals surface area contributed by atoms with E-state index >= 15 is 0 Å². The molecule has 0 aliphatic carbocycles. The van der Waals surface area contributed by atoms with E-state index in [2.05, 4.69) is 0 Å². The third-order valence-corrected chi connectivity index (χ3v) is 4.71. The van der Waals surface area contributed by atoms with Crippen LogP contribution in [0.15, 0.2) is 36.4 Å². The molecule has 1 aliphatic heterocycles. The molecule has 3 rings (SSSR count). The summed E-state index contributed by atoms with van der Waals surface area (Å²) in [7, 11) is 1.49. The zero-order chi connectivity index (χ0) is 21.1. The SMILES string of the molecule is CCOc1cc(C(CCO)N2C(=O)c3cccc([N+](=O)[O-])c3C2=O)ccc1OC. The van der Waals surface area contributed by atoms with Crippen LogP contribution in [0.1, 0.15) is 45.7 Å². The molecule has 1 unspecified atom stereocenters. The summed E-state index contributed by atoms with van der Waals surface area (Å²) in [5.41, 5.74) is -0.133. The molecule has 1 aliphatic rings. The molecule has 2 aromatic rings. The Morgan fingerprint density at radius 1 is 1.17 bits per heavy atom. The molecular weight excluding hydrogens is 380 g/mol. The number of imide groups is 1. The van der Waals surface area contributed by atoms with Gasteiger partial charge in [-0.2, -0.15) is 0 Å². The van der Waals surface area contributed by atoms with Crippen molar-refractivity contribution in [3.63, 3.8) is 0 Å². The fourth-order valence-corrected chi connectivity index (χ4v) is 3.46. The molecule has 0 bridgehead atoms. The Bertz CT molecular complexity index is 973. The predicted octanol–water partition coefficient (Wildman–Crippen LogP) is 2.72. The van der Waals surface area contributed by atoms with Crippen LogP contribution in [0.25, 0.3) is 0 Å². The number of nitro benzene ring substituents is 1. The fraction of sp³-hybridized carbons (Fsp3) is 0.300. The van der Waals surface area contributed by atoms with Gasteiger partial charge in [-0.3, -0.25) is 24.6 Å². The Hall–Kier alpha value is -3.46. The van der Waals surface area contributed by atoms with Crippen LogP contribution in [0.4, 0.5) is 5.69 Å². The lowest BCUT2D eigenvalue weighted by Gasteiger charge is -2.26. The molecule has 29 heavy (non-hydrogen) atoms. The zero-order valence-corrected chi connectivity index (χ0v) is 16.0. The molecule has 0 fully saturated rings. The molecule has 0 spiro atoms. The molecule has 2 amide bonds. The number of amides is 2.